The fourth-order valence-corrected chi connectivity index (χ4v) is 4.46. The van der Waals surface area contributed by atoms with Gasteiger partial charge in [0.25, 0.3) is 5.56 Å². The third-order valence-electron chi connectivity index (χ3n) is 5.08. The number of sulfone groups is 1. The van der Waals surface area contributed by atoms with Crippen LogP contribution in [0.3, 0.4) is 0 Å². The summed E-state index contributed by atoms with van der Waals surface area (Å²) in [5.41, 5.74) is 1.21. The summed E-state index contributed by atoms with van der Waals surface area (Å²) in [6.45, 7) is 3.64. The van der Waals surface area contributed by atoms with Crippen LogP contribution in [0.5, 0.6) is 11.6 Å². The third-order valence-corrected chi connectivity index (χ3v) is 6.76. The standard InChI is InChI=1S/C25H19N3O4S/c1-17-9-6-7-13-22(17)32-24-21(25(29)28-14-8-10-18(2)23(28)27-24)15-20(16-26)33(30,31)19-11-4-3-5-12-19/h3-15H,1-2H3. The minimum Gasteiger partial charge on any atom is -0.438 e. The number of nitrogens with zero attached hydrogens (tertiary/aromatic N) is 3. The molecule has 4 rings (SSSR count). The zero-order valence-corrected chi connectivity index (χ0v) is 18.7. The monoisotopic (exact) mass is 457 g/mol. The van der Waals surface area contributed by atoms with Crippen LogP contribution < -0.4 is 10.3 Å². The van der Waals surface area contributed by atoms with Gasteiger partial charge in [0.1, 0.15) is 27.9 Å². The first-order chi connectivity index (χ1) is 15.8. The lowest BCUT2D eigenvalue weighted by molar-refractivity contribution is 0.457. The normalized spacial score (nSPS) is 11.8. The predicted octanol–water partition coefficient (Wildman–Crippen LogP) is 4.44. The summed E-state index contributed by atoms with van der Waals surface area (Å²) in [7, 11) is -4.16. The lowest BCUT2D eigenvalue weighted by atomic mass is 10.2. The van der Waals surface area contributed by atoms with Crippen molar-refractivity contribution in [2.24, 2.45) is 0 Å². The average molecular weight is 458 g/mol. The Morgan fingerprint density at radius 1 is 1.00 bits per heavy atom. The molecule has 8 heteroatoms. The first-order valence-electron chi connectivity index (χ1n) is 10.0. The molecular formula is C25H19N3O4S. The smallest absolute Gasteiger partial charge is 0.269 e. The maximum atomic E-state index is 13.4. The van der Waals surface area contributed by atoms with Crippen LogP contribution in [-0.4, -0.2) is 17.8 Å². The molecule has 0 aliphatic rings. The van der Waals surface area contributed by atoms with E-state index in [9.17, 15) is 18.5 Å². The van der Waals surface area contributed by atoms with Crippen molar-refractivity contribution < 1.29 is 13.2 Å². The zero-order valence-electron chi connectivity index (χ0n) is 17.9. The number of allylic oxidation sites excluding steroid dienone is 1. The Morgan fingerprint density at radius 3 is 2.36 bits per heavy atom. The fraction of sp³-hybridized carbons (Fsp3) is 0.0800. The van der Waals surface area contributed by atoms with Crippen molar-refractivity contribution in [1.29, 1.82) is 5.26 Å². The average Bonchev–Trinajstić information content (AvgIpc) is 2.81. The van der Waals surface area contributed by atoms with Crippen molar-refractivity contribution in [2.45, 2.75) is 18.7 Å². The number of pyridine rings is 1. The second-order valence-corrected chi connectivity index (χ2v) is 9.24. The molecule has 0 aliphatic carbocycles. The Labute approximate surface area is 190 Å². The molecule has 0 N–H and O–H groups in total. The van der Waals surface area contributed by atoms with E-state index in [0.29, 0.717) is 11.4 Å². The maximum absolute atomic E-state index is 13.4. The molecule has 0 fully saturated rings. The van der Waals surface area contributed by atoms with Gasteiger partial charge in [-0.2, -0.15) is 10.2 Å². The summed E-state index contributed by atoms with van der Waals surface area (Å²) in [5, 5.41) is 9.69. The Kier molecular flexibility index (Phi) is 5.82. The van der Waals surface area contributed by atoms with Gasteiger partial charge in [-0.3, -0.25) is 9.20 Å². The van der Waals surface area contributed by atoms with Gasteiger partial charge in [0.2, 0.25) is 15.7 Å². The third kappa shape index (κ3) is 4.14. The number of ether oxygens (including phenoxy) is 1. The van der Waals surface area contributed by atoms with E-state index in [-0.39, 0.29) is 16.3 Å². The van der Waals surface area contributed by atoms with Gasteiger partial charge in [-0.1, -0.05) is 42.5 Å². The molecule has 0 amide bonds. The van der Waals surface area contributed by atoms with Gasteiger partial charge in [-0.25, -0.2) is 8.42 Å². The van der Waals surface area contributed by atoms with Crippen LogP contribution in [0.2, 0.25) is 0 Å². The van der Waals surface area contributed by atoms with Crippen molar-refractivity contribution >= 4 is 21.6 Å². The SMILES string of the molecule is Cc1ccccc1Oc1nc2c(C)cccn2c(=O)c1C=C(C#N)S(=O)(=O)c1ccccc1. The second-order valence-electron chi connectivity index (χ2n) is 7.33. The van der Waals surface area contributed by atoms with E-state index in [2.05, 4.69) is 4.98 Å². The molecule has 2 aromatic carbocycles. The van der Waals surface area contributed by atoms with Gasteiger partial charge in [0.05, 0.1) is 4.90 Å². The van der Waals surface area contributed by atoms with Gasteiger partial charge in [0.15, 0.2) is 0 Å². The highest BCUT2D eigenvalue weighted by Crippen LogP contribution is 2.28. The number of aromatic nitrogens is 2. The molecule has 0 atom stereocenters. The van der Waals surface area contributed by atoms with E-state index >= 15 is 0 Å². The van der Waals surface area contributed by atoms with Crippen LogP contribution in [0, 0.1) is 25.2 Å². The highest BCUT2D eigenvalue weighted by molar-refractivity contribution is 7.95. The lowest BCUT2D eigenvalue weighted by Gasteiger charge is -2.13. The lowest BCUT2D eigenvalue weighted by Crippen LogP contribution is -2.20. The molecule has 0 saturated heterocycles. The zero-order chi connectivity index (χ0) is 23.6. The van der Waals surface area contributed by atoms with Crippen molar-refractivity contribution in [3.63, 3.8) is 0 Å². The van der Waals surface area contributed by atoms with Gasteiger partial charge < -0.3 is 4.74 Å². The van der Waals surface area contributed by atoms with Crippen LogP contribution in [-0.2, 0) is 9.84 Å². The molecular weight excluding hydrogens is 438 g/mol. The molecule has 2 heterocycles. The van der Waals surface area contributed by atoms with Crippen LogP contribution in [0.25, 0.3) is 11.7 Å². The first-order valence-corrected chi connectivity index (χ1v) is 11.5. The molecule has 7 nitrogen and oxygen atoms in total. The van der Waals surface area contributed by atoms with Crippen molar-refractivity contribution in [3.8, 4) is 17.7 Å². The number of rotatable bonds is 5. The summed E-state index contributed by atoms with van der Waals surface area (Å²) >= 11 is 0. The van der Waals surface area contributed by atoms with Crippen LogP contribution in [0.1, 0.15) is 16.7 Å². The van der Waals surface area contributed by atoms with E-state index in [1.165, 1.54) is 22.7 Å². The molecule has 33 heavy (non-hydrogen) atoms. The van der Waals surface area contributed by atoms with Crippen LogP contribution >= 0.6 is 0 Å². The minimum absolute atomic E-state index is 0.0520. The van der Waals surface area contributed by atoms with E-state index in [1.54, 1.807) is 55.5 Å². The predicted molar refractivity (Wildman–Crippen MR) is 125 cm³/mol. The van der Waals surface area contributed by atoms with E-state index in [4.69, 9.17) is 4.74 Å². The maximum Gasteiger partial charge on any atom is 0.269 e. The quantitative estimate of drug-likeness (QED) is 0.411. The summed E-state index contributed by atoms with van der Waals surface area (Å²) in [6.07, 6.45) is 2.56. The van der Waals surface area contributed by atoms with Gasteiger partial charge in [0, 0.05) is 6.20 Å². The Balaban J connectivity index is 1.99. The number of hydrogen-bond acceptors (Lipinski definition) is 6. The molecule has 164 valence electrons. The van der Waals surface area contributed by atoms with Gasteiger partial charge in [-0.05, 0) is 55.3 Å². The fourth-order valence-electron chi connectivity index (χ4n) is 3.30. The van der Waals surface area contributed by atoms with Crippen molar-refractivity contribution in [1.82, 2.24) is 9.38 Å². The Bertz CT molecular complexity index is 1600. The molecule has 4 aromatic rings. The van der Waals surface area contributed by atoms with Crippen LogP contribution in [0.15, 0.2) is 87.5 Å². The molecule has 0 bridgehead atoms. The molecule has 2 aromatic heterocycles. The second kappa shape index (κ2) is 8.73. The van der Waals surface area contributed by atoms with Crippen molar-refractivity contribution in [2.75, 3.05) is 0 Å². The number of nitriles is 1. The van der Waals surface area contributed by atoms with Gasteiger partial charge in [-0.15, -0.1) is 0 Å². The summed E-state index contributed by atoms with van der Waals surface area (Å²) < 4.78 is 33.4. The molecule has 0 saturated carbocycles. The number of benzene rings is 2. The van der Waals surface area contributed by atoms with Gasteiger partial charge >= 0.3 is 0 Å². The summed E-state index contributed by atoms with van der Waals surface area (Å²) in [5.74, 6) is 0.376. The number of hydrogen-bond donors (Lipinski definition) is 0. The highest BCUT2D eigenvalue weighted by Gasteiger charge is 2.23. The molecule has 0 spiro atoms. The summed E-state index contributed by atoms with van der Waals surface area (Å²) in [4.78, 5) is 17.3. The largest absolute Gasteiger partial charge is 0.438 e. The molecule has 0 aliphatic heterocycles. The molecule has 0 unspecified atom stereocenters. The number of para-hydroxylation sites is 1. The molecule has 0 radical (unpaired) electrons. The van der Waals surface area contributed by atoms with E-state index in [1.807, 2.05) is 19.1 Å². The number of fused-ring (bicyclic) bond motifs is 1. The first kappa shape index (κ1) is 22.0. The van der Waals surface area contributed by atoms with E-state index in [0.717, 1.165) is 17.2 Å². The highest BCUT2D eigenvalue weighted by atomic mass is 32.2. The minimum atomic E-state index is -4.16. The topological polar surface area (TPSA) is 102 Å². The van der Waals surface area contributed by atoms with Crippen molar-refractivity contribution in [3.05, 3.63) is 105 Å². The Hall–Kier alpha value is -4.22. The van der Waals surface area contributed by atoms with Crippen LogP contribution in [0.4, 0.5) is 0 Å². The number of aryl methyl sites for hydroxylation is 2. The van der Waals surface area contributed by atoms with E-state index < -0.39 is 20.3 Å². The summed E-state index contributed by atoms with van der Waals surface area (Å²) in [6, 6.07) is 20.0. The Morgan fingerprint density at radius 2 is 1.67 bits per heavy atom.